The van der Waals surface area contributed by atoms with E-state index >= 15 is 0 Å². The normalized spacial score (nSPS) is 11.0. The van der Waals surface area contributed by atoms with Crippen LogP contribution in [0.25, 0.3) is 10.8 Å². The summed E-state index contributed by atoms with van der Waals surface area (Å²) >= 11 is 1.76. The average Bonchev–Trinajstić information content (AvgIpc) is 2.71. The number of benzene rings is 1. The van der Waals surface area contributed by atoms with Crippen LogP contribution in [0.1, 0.15) is 18.9 Å². The molecule has 0 bridgehead atoms. The van der Waals surface area contributed by atoms with Crippen molar-refractivity contribution in [3.05, 3.63) is 34.5 Å². The summed E-state index contributed by atoms with van der Waals surface area (Å²) in [5.74, 6) is 0. The van der Waals surface area contributed by atoms with Crippen LogP contribution in [0.2, 0.25) is 0 Å². The van der Waals surface area contributed by atoms with E-state index in [0.717, 1.165) is 26.1 Å². The molecule has 0 amide bonds. The first-order chi connectivity index (χ1) is 7.40. The van der Waals surface area contributed by atoms with Gasteiger partial charge in [-0.1, -0.05) is 25.1 Å². The lowest BCUT2D eigenvalue weighted by Crippen LogP contribution is -1.99. The van der Waals surface area contributed by atoms with E-state index < -0.39 is 0 Å². The third kappa shape index (κ3) is 2.80. The van der Waals surface area contributed by atoms with Gasteiger partial charge in [0, 0.05) is 6.61 Å². The second kappa shape index (κ2) is 5.29. The molecule has 0 aliphatic heterocycles. The first-order valence-electron chi connectivity index (χ1n) is 5.42. The molecule has 0 saturated heterocycles. The van der Waals surface area contributed by atoms with Gasteiger partial charge in [-0.25, -0.2) is 0 Å². The van der Waals surface area contributed by atoms with E-state index in [1.807, 2.05) is 0 Å². The van der Waals surface area contributed by atoms with E-state index in [1.165, 1.54) is 16.3 Å². The molecular formula is C13H16OS. The predicted octanol–water partition coefficient (Wildman–Crippen LogP) is 3.87. The minimum atomic E-state index is 0.837. The SMILES string of the molecule is CCCOCCc1ccc2cscc2c1. The smallest absolute Gasteiger partial charge is 0.0506 e. The van der Waals surface area contributed by atoms with Gasteiger partial charge < -0.3 is 4.74 Å². The Balaban J connectivity index is 1.96. The van der Waals surface area contributed by atoms with Crippen LogP contribution in [0.4, 0.5) is 0 Å². The topological polar surface area (TPSA) is 9.23 Å². The maximum atomic E-state index is 5.48. The number of fused-ring (bicyclic) bond motifs is 1. The van der Waals surface area contributed by atoms with Gasteiger partial charge in [0.2, 0.25) is 0 Å². The second-order valence-electron chi connectivity index (χ2n) is 3.70. The predicted molar refractivity (Wildman–Crippen MR) is 66.6 cm³/mol. The van der Waals surface area contributed by atoms with Crippen LogP contribution in [0.3, 0.4) is 0 Å². The highest BCUT2D eigenvalue weighted by Crippen LogP contribution is 2.20. The summed E-state index contributed by atoms with van der Waals surface area (Å²) < 4.78 is 5.48. The zero-order valence-corrected chi connectivity index (χ0v) is 9.85. The molecule has 2 aromatic rings. The molecule has 1 aromatic heterocycles. The molecular weight excluding hydrogens is 204 g/mol. The number of hydrogen-bond donors (Lipinski definition) is 0. The van der Waals surface area contributed by atoms with Gasteiger partial charge in [-0.2, -0.15) is 11.3 Å². The molecule has 0 atom stereocenters. The van der Waals surface area contributed by atoms with E-state index in [0.29, 0.717) is 0 Å². The highest BCUT2D eigenvalue weighted by Gasteiger charge is 1.97. The van der Waals surface area contributed by atoms with Gasteiger partial charge >= 0.3 is 0 Å². The van der Waals surface area contributed by atoms with Crippen molar-refractivity contribution in [3.63, 3.8) is 0 Å². The lowest BCUT2D eigenvalue weighted by Gasteiger charge is -2.03. The molecule has 0 unspecified atom stereocenters. The summed E-state index contributed by atoms with van der Waals surface area (Å²) in [6.07, 6.45) is 2.12. The van der Waals surface area contributed by atoms with Crippen LogP contribution in [-0.2, 0) is 11.2 Å². The fourth-order valence-electron chi connectivity index (χ4n) is 1.61. The molecule has 15 heavy (non-hydrogen) atoms. The molecule has 80 valence electrons. The minimum Gasteiger partial charge on any atom is -0.381 e. The lowest BCUT2D eigenvalue weighted by molar-refractivity contribution is 0.138. The van der Waals surface area contributed by atoms with Gasteiger partial charge in [-0.3, -0.25) is 0 Å². The molecule has 1 nitrogen and oxygen atoms in total. The Labute approximate surface area is 94.7 Å². The standard InChI is InChI=1S/C13H16OS/c1-2-6-14-7-5-11-3-4-12-9-15-10-13(12)8-11/h3-4,8-10H,2,5-7H2,1H3. The Bertz CT molecular complexity index is 419. The van der Waals surface area contributed by atoms with Crippen LogP contribution in [0.5, 0.6) is 0 Å². The molecule has 0 fully saturated rings. The molecule has 0 saturated carbocycles. The summed E-state index contributed by atoms with van der Waals surface area (Å²) in [6.45, 7) is 3.85. The Hall–Kier alpha value is -0.860. The minimum absolute atomic E-state index is 0.837. The second-order valence-corrected chi connectivity index (χ2v) is 4.44. The molecule has 2 rings (SSSR count). The van der Waals surface area contributed by atoms with Gasteiger partial charge in [0.1, 0.15) is 0 Å². The molecule has 0 spiro atoms. The van der Waals surface area contributed by atoms with Crippen molar-refractivity contribution < 1.29 is 4.74 Å². The molecule has 0 aliphatic carbocycles. The molecule has 0 radical (unpaired) electrons. The monoisotopic (exact) mass is 220 g/mol. The summed E-state index contributed by atoms with van der Waals surface area (Å²) in [4.78, 5) is 0. The van der Waals surface area contributed by atoms with Gasteiger partial charge in [-0.05, 0) is 39.9 Å². The molecule has 1 heterocycles. The van der Waals surface area contributed by atoms with Gasteiger partial charge in [0.25, 0.3) is 0 Å². The van der Waals surface area contributed by atoms with Gasteiger partial charge in [0.15, 0.2) is 0 Å². The van der Waals surface area contributed by atoms with Crippen molar-refractivity contribution in [3.8, 4) is 0 Å². The zero-order chi connectivity index (χ0) is 10.5. The van der Waals surface area contributed by atoms with Crippen molar-refractivity contribution in [1.29, 1.82) is 0 Å². The van der Waals surface area contributed by atoms with Crippen LogP contribution in [0.15, 0.2) is 29.0 Å². The van der Waals surface area contributed by atoms with Crippen molar-refractivity contribution >= 4 is 22.1 Å². The molecule has 0 aliphatic rings. The number of hydrogen-bond acceptors (Lipinski definition) is 2. The zero-order valence-electron chi connectivity index (χ0n) is 9.03. The molecule has 2 heteroatoms. The Morgan fingerprint density at radius 1 is 1.13 bits per heavy atom. The maximum Gasteiger partial charge on any atom is 0.0506 e. The fraction of sp³-hybridized carbons (Fsp3) is 0.385. The Morgan fingerprint density at radius 2 is 2.00 bits per heavy atom. The first-order valence-corrected chi connectivity index (χ1v) is 6.37. The summed E-state index contributed by atoms with van der Waals surface area (Å²) in [5.41, 5.74) is 1.37. The van der Waals surface area contributed by atoms with Crippen LogP contribution >= 0.6 is 11.3 Å². The summed E-state index contributed by atoms with van der Waals surface area (Å²) in [6, 6.07) is 6.66. The highest BCUT2D eigenvalue weighted by molar-refractivity contribution is 7.09. The Kier molecular flexibility index (Phi) is 3.75. The van der Waals surface area contributed by atoms with Gasteiger partial charge in [0.05, 0.1) is 6.61 Å². The largest absolute Gasteiger partial charge is 0.381 e. The summed E-state index contributed by atoms with van der Waals surface area (Å²) in [5, 5.41) is 7.09. The maximum absolute atomic E-state index is 5.48. The number of rotatable bonds is 5. The lowest BCUT2D eigenvalue weighted by atomic mass is 10.1. The summed E-state index contributed by atoms with van der Waals surface area (Å²) in [7, 11) is 0. The van der Waals surface area contributed by atoms with E-state index in [9.17, 15) is 0 Å². The van der Waals surface area contributed by atoms with Crippen LogP contribution in [-0.4, -0.2) is 13.2 Å². The van der Waals surface area contributed by atoms with Crippen LogP contribution in [0, 0.1) is 0 Å². The van der Waals surface area contributed by atoms with Gasteiger partial charge in [-0.15, -0.1) is 0 Å². The van der Waals surface area contributed by atoms with Crippen LogP contribution < -0.4 is 0 Å². The van der Waals surface area contributed by atoms with E-state index in [4.69, 9.17) is 4.74 Å². The van der Waals surface area contributed by atoms with Crippen molar-refractivity contribution in [2.45, 2.75) is 19.8 Å². The van der Waals surface area contributed by atoms with E-state index in [-0.39, 0.29) is 0 Å². The Morgan fingerprint density at radius 3 is 2.87 bits per heavy atom. The van der Waals surface area contributed by atoms with Crippen molar-refractivity contribution in [1.82, 2.24) is 0 Å². The first kappa shape index (κ1) is 10.7. The quantitative estimate of drug-likeness (QED) is 0.695. The van der Waals surface area contributed by atoms with E-state index in [2.05, 4.69) is 35.9 Å². The van der Waals surface area contributed by atoms with Crippen molar-refractivity contribution in [2.75, 3.05) is 13.2 Å². The molecule has 0 N–H and O–H groups in total. The van der Waals surface area contributed by atoms with Crippen molar-refractivity contribution in [2.24, 2.45) is 0 Å². The average molecular weight is 220 g/mol. The third-order valence-electron chi connectivity index (χ3n) is 2.42. The molecule has 1 aromatic carbocycles. The fourth-order valence-corrected chi connectivity index (χ4v) is 2.39. The third-order valence-corrected chi connectivity index (χ3v) is 3.20. The van der Waals surface area contributed by atoms with E-state index in [1.54, 1.807) is 11.3 Å². The number of ether oxygens (including phenoxy) is 1. The highest BCUT2D eigenvalue weighted by atomic mass is 32.1. The number of thiophene rings is 1.